The zero-order valence-corrected chi connectivity index (χ0v) is 7.71. The minimum absolute atomic E-state index is 0.589. The van der Waals surface area contributed by atoms with Crippen molar-refractivity contribution in [3.63, 3.8) is 0 Å². The van der Waals surface area contributed by atoms with E-state index in [2.05, 4.69) is 10.0 Å². The second-order valence-electron chi connectivity index (χ2n) is 2.78. The first-order chi connectivity index (χ1) is 6.72. The Morgan fingerprint density at radius 2 is 2.36 bits per heavy atom. The molecule has 0 radical (unpaired) electrons. The molecule has 1 aromatic rings. The number of carbonyl (C=O) groups excluding carboxylic acids is 1. The van der Waals surface area contributed by atoms with Crippen molar-refractivity contribution in [2.24, 2.45) is 5.11 Å². The van der Waals surface area contributed by atoms with E-state index in [1.165, 1.54) is 6.08 Å². The highest BCUT2D eigenvalue weighted by molar-refractivity contribution is 5.92. The van der Waals surface area contributed by atoms with Gasteiger partial charge in [0.1, 0.15) is 0 Å². The van der Waals surface area contributed by atoms with Gasteiger partial charge in [-0.25, -0.2) is 0 Å². The van der Waals surface area contributed by atoms with Crippen LogP contribution in [-0.4, -0.2) is 5.91 Å². The first-order valence-corrected chi connectivity index (χ1v) is 4.06. The molecule has 4 nitrogen and oxygen atoms in total. The lowest BCUT2D eigenvalue weighted by Crippen LogP contribution is -1.82. The van der Waals surface area contributed by atoms with Crippen LogP contribution in [0.3, 0.4) is 0 Å². The van der Waals surface area contributed by atoms with Crippen LogP contribution in [0.25, 0.3) is 16.5 Å². The third kappa shape index (κ3) is 3.13. The maximum Gasteiger partial charge on any atom is 0.242 e. The SMILES string of the molecule is Cc1cccc(/C=C/C(=O)N=[N+]=[N-])c1. The first kappa shape index (κ1) is 10.0. The maximum atomic E-state index is 10.8. The standard InChI is InChI=1S/C10H9N3O/c1-8-3-2-4-9(7-8)5-6-10(14)12-13-11/h2-7H,1H3/b6-5+. The molecule has 1 rings (SSSR count). The van der Waals surface area contributed by atoms with Crippen LogP contribution >= 0.6 is 0 Å². The van der Waals surface area contributed by atoms with Gasteiger partial charge in [-0.2, -0.15) is 0 Å². The van der Waals surface area contributed by atoms with Gasteiger partial charge in [-0.15, -0.1) is 0 Å². The molecule has 0 N–H and O–H groups in total. The van der Waals surface area contributed by atoms with E-state index in [9.17, 15) is 4.79 Å². The van der Waals surface area contributed by atoms with Gasteiger partial charge in [0.05, 0.1) is 0 Å². The maximum absolute atomic E-state index is 10.8. The van der Waals surface area contributed by atoms with Crippen LogP contribution < -0.4 is 0 Å². The molecule has 14 heavy (non-hydrogen) atoms. The monoisotopic (exact) mass is 187 g/mol. The lowest BCUT2D eigenvalue weighted by atomic mass is 10.1. The quantitative estimate of drug-likeness (QED) is 0.304. The summed E-state index contributed by atoms with van der Waals surface area (Å²) in [6, 6.07) is 7.66. The highest BCUT2D eigenvalue weighted by Gasteiger charge is 1.90. The Balaban J connectivity index is 2.78. The van der Waals surface area contributed by atoms with Gasteiger partial charge >= 0.3 is 0 Å². The zero-order valence-electron chi connectivity index (χ0n) is 7.71. The van der Waals surface area contributed by atoms with Crippen molar-refractivity contribution in [1.82, 2.24) is 0 Å². The van der Waals surface area contributed by atoms with E-state index >= 15 is 0 Å². The Morgan fingerprint density at radius 1 is 1.57 bits per heavy atom. The van der Waals surface area contributed by atoms with Crippen LogP contribution in [0.15, 0.2) is 35.5 Å². The van der Waals surface area contributed by atoms with Crippen LogP contribution in [0, 0.1) is 6.92 Å². The number of benzene rings is 1. The molecule has 0 fully saturated rings. The predicted octanol–water partition coefficient (Wildman–Crippen LogP) is 2.85. The smallest absolute Gasteiger partial charge is 0.242 e. The molecule has 0 spiro atoms. The number of azide groups is 1. The van der Waals surface area contributed by atoms with Crippen LogP contribution in [0.5, 0.6) is 0 Å². The molecule has 0 aliphatic heterocycles. The van der Waals surface area contributed by atoms with Crippen molar-refractivity contribution >= 4 is 12.0 Å². The summed E-state index contributed by atoms with van der Waals surface area (Å²) in [5, 5.41) is 2.92. The molecule has 0 aliphatic carbocycles. The number of carbonyl (C=O) groups is 1. The summed E-state index contributed by atoms with van der Waals surface area (Å²) in [6.45, 7) is 1.96. The summed E-state index contributed by atoms with van der Waals surface area (Å²) in [7, 11) is 0. The Labute approximate surface area is 81.5 Å². The molecule has 1 aromatic carbocycles. The van der Waals surface area contributed by atoms with E-state index in [1.54, 1.807) is 6.08 Å². The molecule has 0 aromatic heterocycles. The predicted molar refractivity (Wildman–Crippen MR) is 54.4 cm³/mol. The lowest BCUT2D eigenvalue weighted by Gasteiger charge is -1.93. The van der Waals surface area contributed by atoms with Crippen LogP contribution in [0.1, 0.15) is 11.1 Å². The normalized spacial score (nSPS) is 9.79. The van der Waals surface area contributed by atoms with Crippen LogP contribution in [-0.2, 0) is 4.79 Å². The number of aryl methyl sites for hydroxylation is 1. The summed E-state index contributed by atoms with van der Waals surface area (Å²) in [5.41, 5.74) is 10.0. The van der Waals surface area contributed by atoms with Crippen LogP contribution in [0.2, 0.25) is 0 Å². The minimum Gasteiger partial charge on any atom is -0.288 e. The van der Waals surface area contributed by atoms with E-state index in [-0.39, 0.29) is 0 Å². The molecule has 0 aliphatic rings. The summed E-state index contributed by atoms with van der Waals surface area (Å²) in [5.74, 6) is -0.589. The van der Waals surface area contributed by atoms with E-state index in [0.717, 1.165) is 11.1 Å². The molecule has 4 heteroatoms. The van der Waals surface area contributed by atoms with Crippen molar-refractivity contribution in [3.8, 4) is 0 Å². The Bertz CT molecular complexity index is 417. The summed E-state index contributed by atoms with van der Waals surface area (Å²) < 4.78 is 0. The number of hydrogen-bond acceptors (Lipinski definition) is 1. The van der Waals surface area contributed by atoms with Gasteiger partial charge in [-0.3, -0.25) is 4.79 Å². The molecule has 70 valence electrons. The van der Waals surface area contributed by atoms with Gasteiger partial charge in [0.2, 0.25) is 5.91 Å². The summed E-state index contributed by atoms with van der Waals surface area (Å²) >= 11 is 0. The molecule has 0 bridgehead atoms. The molecular weight excluding hydrogens is 178 g/mol. The Morgan fingerprint density at radius 3 is 3.00 bits per heavy atom. The molecule has 1 amide bonds. The van der Waals surface area contributed by atoms with Gasteiger partial charge in [0.15, 0.2) is 0 Å². The fourth-order valence-electron chi connectivity index (χ4n) is 1.02. The zero-order chi connectivity index (χ0) is 10.4. The highest BCUT2D eigenvalue weighted by Crippen LogP contribution is 2.05. The number of nitrogens with zero attached hydrogens (tertiary/aromatic N) is 3. The molecule has 0 saturated heterocycles. The first-order valence-electron chi connectivity index (χ1n) is 4.06. The third-order valence-electron chi connectivity index (χ3n) is 1.60. The fourth-order valence-corrected chi connectivity index (χ4v) is 1.02. The summed E-state index contributed by atoms with van der Waals surface area (Å²) in [6.07, 6.45) is 2.86. The van der Waals surface area contributed by atoms with Crippen molar-refractivity contribution < 1.29 is 4.79 Å². The second-order valence-corrected chi connectivity index (χ2v) is 2.78. The second kappa shape index (κ2) is 4.84. The van der Waals surface area contributed by atoms with Gasteiger partial charge in [0, 0.05) is 4.91 Å². The van der Waals surface area contributed by atoms with E-state index in [1.807, 2.05) is 31.2 Å². The number of rotatable bonds is 2. The Hall–Kier alpha value is -2.06. The fraction of sp³-hybridized carbons (Fsp3) is 0.100. The van der Waals surface area contributed by atoms with Crippen molar-refractivity contribution in [2.75, 3.05) is 0 Å². The summed E-state index contributed by atoms with van der Waals surface area (Å²) in [4.78, 5) is 13.2. The Kier molecular flexibility index (Phi) is 3.47. The average Bonchev–Trinajstić information content (AvgIpc) is 2.15. The van der Waals surface area contributed by atoms with Crippen molar-refractivity contribution in [2.45, 2.75) is 6.92 Å². The third-order valence-corrected chi connectivity index (χ3v) is 1.60. The van der Waals surface area contributed by atoms with Gasteiger partial charge in [-0.1, -0.05) is 35.9 Å². The molecule has 0 atom stereocenters. The van der Waals surface area contributed by atoms with E-state index < -0.39 is 5.91 Å². The topological polar surface area (TPSA) is 65.8 Å². The lowest BCUT2D eigenvalue weighted by molar-refractivity contribution is -0.113. The van der Waals surface area contributed by atoms with Crippen molar-refractivity contribution in [3.05, 3.63) is 51.9 Å². The molecule has 0 unspecified atom stereocenters. The van der Waals surface area contributed by atoms with Crippen molar-refractivity contribution in [1.29, 1.82) is 0 Å². The molecular formula is C10H9N3O. The molecule has 0 heterocycles. The van der Waals surface area contributed by atoms with Gasteiger partial charge in [0.25, 0.3) is 0 Å². The number of amides is 1. The minimum atomic E-state index is -0.589. The van der Waals surface area contributed by atoms with Gasteiger partial charge < -0.3 is 0 Å². The van der Waals surface area contributed by atoms with Gasteiger partial charge in [-0.05, 0) is 29.2 Å². The highest BCUT2D eigenvalue weighted by atomic mass is 16.1. The largest absolute Gasteiger partial charge is 0.288 e. The van der Waals surface area contributed by atoms with E-state index in [4.69, 9.17) is 5.53 Å². The number of hydrogen-bond donors (Lipinski definition) is 0. The molecule has 0 saturated carbocycles. The van der Waals surface area contributed by atoms with Crippen LogP contribution in [0.4, 0.5) is 0 Å². The average molecular weight is 187 g/mol. The van der Waals surface area contributed by atoms with E-state index in [0.29, 0.717) is 0 Å².